The number of hydrogen-bond donors (Lipinski definition) is 1. The summed E-state index contributed by atoms with van der Waals surface area (Å²) in [5, 5.41) is 8.90. The fraction of sp³-hybridized carbons (Fsp3) is 0.556. The van der Waals surface area contributed by atoms with Crippen LogP contribution in [0.5, 0.6) is 0 Å². The second-order valence-electron chi connectivity index (χ2n) is 2.96. The molecule has 1 N–H and O–H groups in total. The maximum absolute atomic E-state index is 11.2. The Labute approximate surface area is 87.0 Å². The number of thioether (sulfide) groups is 1. The normalized spacial score (nSPS) is 22.1. The summed E-state index contributed by atoms with van der Waals surface area (Å²) in [6.07, 6.45) is 4.50. The van der Waals surface area contributed by atoms with Gasteiger partial charge in [-0.05, 0) is 12.7 Å². The summed E-state index contributed by atoms with van der Waals surface area (Å²) in [7, 11) is 0. The lowest BCUT2D eigenvalue weighted by Gasteiger charge is -2.39. The van der Waals surface area contributed by atoms with E-state index in [2.05, 4.69) is 0 Å². The first-order chi connectivity index (χ1) is 6.61. The number of nitrogens with zero attached hydrogens (tertiary/aromatic N) is 1. The van der Waals surface area contributed by atoms with Crippen molar-refractivity contribution >= 4 is 23.6 Å². The molecule has 1 heterocycles. The lowest BCUT2D eigenvalue weighted by molar-refractivity contribution is -0.145. The van der Waals surface area contributed by atoms with E-state index in [1.54, 1.807) is 6.08 Å². The van der Waals surface area contributed by atoms with Crippen molar-refractivity contribution in [2.75, 3.05) is 6.26 Å². The highest BCUT2D eigenvalue weighted by Gasteiger charge is 2.39. The Balaban J connectivity index is 2.83. The van der Waals surface area contributed by atoms with Crippen LogP contribution in [0, 0.1) is 0 Å². The van der Waals surface area contributed by atoms with Gasteiger partial charge in [-0.25, -0.2) is 4.79 Å². The number of aliphatic carboxylic acids is 1. The Kier molecular flexibility index (Phi) is 3.57. The van der Waals surface area contributed by atoms with E-state index < -0.39 is 5.97 Å². The molecule has 1 amide bonds. The molecule has 0 saturated carbocycles. The monoisotopic (exact) mass is 215 g/mol. The molecular weight excluding hydrogens is 202 g/mol. The van der Waals surface area contributed by atoms with Crippen LogP contribution in [0.1, 0.15) is 19.8 Å². The molecule has 0 aromatic heterocycles. The van der Waals surface area contributed by atoms with E-state index in [0.717, 1.165) is 0 Å². The van der Waals surface area contributed by atoms with Crippen molar-refractivity contribution in [3.63, 3.8) is 0 Å². The molecule has 1 aliphatic rings. The molecular formula is C9H13NO3S. The Morgan fingerprint density at radius 3 is 2.79 bits per heavy atom. The van der Waals surface area contributed by atoms with Gasteiger partial charge in [0.15, 0.2) is 0 Å². The number of rotatable bonds is 4. The van der Waals surface area contributed by atoms with Gasteiger partial charge in [-0.15, -0.1) is 11.8 Å². The van der Waals surface area contributed by atoms with Crippen LogP contribution < -0.4 is 0 Å². The Bertz CT molecular complexity index is 288. The highest BCUT2D eigenvalue weighted by atomic mass is 32.2. The number of hydrogen-bond acceptors (Lipinski definition) is 3. The molecule has 14 heavy (non-hydrogen) atoms. The quantitative estimate of drug-likeness (QED) is 0.567. The maximum atomic E-state index is 11.2. The number of carboxylic acid groups (broad SMARTS) is 1. The van der Waals surface area contributed by atoms with E-state index in [0.29, 0.717) is 12.8 Å². The molecule has 0 bridgehead atoms. The Morgan fingerprint density at radius 2 is 2.43 bits per heavy atom. The number of likely N-dealkylation sites (tertiary alicyclic amines) is 1. The molecule has 1 atom stereocenters. The van der Waals surface area contributed by atoms with Gasteiger partial charge in [-0.1, -0.05) is 13.0 Å². The maximum Gasteiger partial charge on any atom is 0.352 e. The highest BCUT2D eigenvalue weighted by molar-refractivity contribution is 7.99. The first kappa shape index (κ1) is 11.1. The minimum absolute atomic E-state index is 0.00333. The minimum Gasteiger partial charge on any atom is -0.477 e. The van der Waals surface area contributed by atoms with Crippen LogP contribution in [-0.4, -0.2) is 33.5 Å². The molecule has 1 aliphatic heterocycles. The summed E-state index contributed by atoms with van der Waals surface area (Å²) in [4.78, 5) is 23.4. The largest absolute Gasteiger partial charge is 0.477 e. The van der Waals surface area contributed by atoms with Gasteiger partial charge in [-0.2, -0.15) is 0 Å². The summed E-state index contributed by atoms with van der Waals surface area (Å²) in [5.41, 5.74) is 0.114. The molecule has 1 rings (SSSR count). The Hall–Kier alpha value is -0.970. The zero-order chi connectivity index (χ0) is 10.7. The number of carbonyl (C=O) groups excluding carboxylic acids is 1. The van der Waals surface area contributed by atoms with E-state index in [1.807, 2.05) is 13.2 Å². The van der Waals surface area contributed by atoms with Crippen LogP contribution in [0.3, 0.4) is 0 Å². The summed E-state index contributed by atoms with van der Waals surface area (Å²) >= 11 is 1.50. The predicted molar refractivity (Wildman–Crippen MR) is 54.8 cm³/mol. The van der Waals surface area contributed by atoms with Crippen molar-refractivity contribution in [3.8, 4) is 0 Å². The van der Waals surface area contributed by atoms with Crippen molar-refractivity contribution in [2.24, 2.45) is 0 Å². The second-order valence-corrected chi connectivity index (χ2v) is 3.98. The van der Waals surface area contributed by atoms with Crippen LogP contribution in [0.25, 0.3) is 0 Å². The summed E-state index contributed by atoms with van der Waals surface area (Å²) in [5.74, 6) is -1.13. The lowest BCUT2D eigenvalue weighted by Crippen LogP contribution is -2.51. The fourth-order valence-electron chi connectivity index (χ4n) is 1.35. The van der Waals surface area contributed by atoms with Gasteiger partial charge in [0.2, 0.25) is 5.91 Å². The van der Waals surface area contributed by atoms with Gasteiger partial charge < -0.3 is 5.11 Å². The molecule has 0 radical (unpaired) electrons. The smallest absolute Gasteiger partial charge is 0.352 e. The predicted octanol–water partition coefficient (Wildman–Crippen LogP) is 1.29. The third-order valence-electron chi connectivity index (χ3n) is 2.05. The van der Waals surface area contributed by atoms with E-state index in [9.17, 15) is 9.59 Å². The molecule has 0 aromatic carbocycles. The SMILES string of the molecule is CC/C=C(/C(=O)O)N1C(=O)CC1SC. The van der Waals surface area contributed by atoms with Gasteiger partial charge >= 0.3 is 5.97 Å². The molecule has 0 spiro atoms. The minimum atomic E-state index is -1.03. The van der Waals surface area contributed by atoms with Crippen molar-refractivity contribution < 1.29 is 14.7 Å². The number of carboxylic acids is 1. The molecule has 78 valence electrons. The average Bonchev–Trinajstić information content (AvgIpc) is 2.12. The van der Waals surface area contributed by atoms with Crippen LogP contribution in [0.2, 0.25) is 0 Å². The third-order valence-corrected chi connectivity index (χ3v) is 2.98. The highest BCUT2D eigenvalue weighted by Crippen LogP contribution is 2.31. The Morgan fingerprint density at radius 1 is 1.79 bits per heavy atom. The van der Waals surface area contributed by atoms with Gasteiger partial charge in [0.05, 0.1) is 11.8 Å². The number of β-lactam (4-membered cyclic amide) rings is 1. The summed E-state index contributed by atoms with van der Waals surface area (Å²) in [6, 6.07) is 0. The molecule has 4 nitrogen and oxygen atoms in total. The first-order valence-electron chi connectivity index (χ1n) is 4.40. The molecule has 0 aliphatic carbocycles. The van der Waals surface area contributed by atoms with Crippen LogP contribution in [-0.2, 0) is 9.59 Å². The second kappa shape index (κ2) is 4.50. The van der Waals surface area contributed by atoms with E-state index in [1.165, 1.54) is 16.7 Å². The van der Waals surface area contributed by atoms with Crippen molar-refractivity contribution in [2.45, 2.75) is 25.1 Å². The van der Waals surface area contributed by atoms with Crippen LogP contribution >= 0.6 is 11.8 Å². The zero-order valence-corrected chi connectivity index (χ0v) is 9.00. The van der Waals surface area contributed by atoms with Crippen molar-refractivity contribution in [1.29, 1.82) is 0 Å². The molecule has 0 aromatic rings. The summed E-state index contributed by atoms with van der Waals surface area (Å²) < 4.78 is 0. The van der Waals surface area contributed by atoms with Gasteiger partial charge in [0, 0.05) is 0 Å². The zero-order valence-electron chi connectivity index (χ0n) is 8.19. The number of carbonyl (C=O) groups is 2. The van der Waals surface area contributed by atoms with E-state index >= 15 is 0 Å². The van der Waals surface area contributed by atoms with Gasteiger partial charge in [0.1, 0.15) is 5.70 Å². The lowest BCUT2D eigenvalue weighted by atomic mass is 10.1. The summed E-state index contributed by atoms with van der Waals surface area (Å²) in [6.45, 7) is 1.85. The first-order valence-corrected chi connectivity index (χ1v) is 5.68. The molecule has 1 fully saturated rings. The molecule has 5 heteroatoms. The molecule has 1 unspecified atom stereocenters. The topological polar surface area (TPSA) is 57.6 Å². The van der Waals surface area contributed by atoms with E-state index in [-0.39, 0.29) is 17.0 Å². The average molecular weight is 215 g/mol. The molecule has 1 saturated heterocycles. The van der Waals surface area contributed by atoms with Gasteiger partial charge in [-0.3, -0.25) is 9.69 Å². The van der Waals surface area contributed by atoms with Crippen molar-refractivity contribution in [3.05, 3.63) is 11.8 Å². The third kappa shape index (κ3) is 1.92. The number of amides is 1. The van der Waals surface area contributed by atoms with Crippen molar-refractivity contribution in [1.82, 2.24) is 4.90 Å². The van der Waals surface area contributed by atoms with E-state index in [4.69, 9.17) is 5.11 Å². The standard InChI is InChI=1S/C9H13NO3S/c1-3-4-6(9(12)13)10-7(11)5-8(10)14-2/h4,8H,3,5H2,1-2H3,(H,12,13)/b6-4-. The number of allylic oxidation sites excluding steroid dienone is 1. The van der Waals surface area contributed by atoms with Crippen LogP contribution in [0.15, 0.2) is 11.8 Å². The van der Waals surface area contributed by atoms with Gasteiger partial charge in [0.25, 0.3) is 0 Å². The van der Waals surface area contributed by atoms with Crippen LogP contribution in [0.4, 0.5) is 0 Å². The fourth-order valence-corrected chi connectivity index (χ4v) is 2.10.